The van der Waals surface area contributed by atoms with Crippen molar-refractivity contribution in [3.8, 4) is 17.2 Å². The van der Waals surface area contributed by atoms with Gasteiger partial charge >= 0.3 is 0 Å². The summed E-state index contributed by atoms with van der Waals surface area (Å²) in [5.41, 5.74) is 1.84. The van der Waals surface area contributed by atoms with Crippen LogP contribution in [0.2, 0.25) is 0 Å². The quantitative estimate of drug-likeness (QED) is 0.665. The van der Waals surface area contributed by atoms with E-state index in [0.29, 0.717) is 43.2 Å². The zero-order chi connectivity index (χ0) is 25.7. The monoisotopic (exact) mass is 516 g/mol. The number of aryl methyl sites for hydroxylation is 1. The van der Waals surface area contributed by atoms with Gasteiger partial charge in [-0.25, -0.2) is 8.42 Å². The average molecular weight is 517 g/mol. The molecule has 1 N–H and O–H groups in total. The summed E-state index contributed by atoms with van der Waals surface area (Å²) in [4.78, 5) is 27.1. The van der Waals surface area contributed by atoms with Crippen molar-refractivity contribution in [2.24, 2.45) is 0 Å². The van der Waals surface area contributed by atoms with Crippen molar-refractivity contribution in [1.29, 1.82) is 0 Å². The molecule has 2 amide bonds. The van der Waals surface area contributed by atoms with Crippen molar-refractivity contribution in [3.05, 3.63) is 53.6 Å². The molecule has 0 unspecified atom stereocenters. The SMILES string of the molecule is COc1ccc2cc1Oc1cccc(c1)CO[C@@H]1CCN(C(=O)CCS(C)(=O)=O)C[C@@H]1NC(=O)CC2. The minimum atomic E-state index is -3.24. The fourth-order valence-electron chi connectivity index (χ4n) is 4.45. The van der Waals surface area contributed by atoms with Crippen molar-refractivity contribution in [2.75, 3.05) is 32.2 Å². The molecule has 1 saturated heterocycles. The summed E-state index contributed by atoms with van der Waals surface area (Å²) in [5, 5.41) is 3.05. The number of hydrogen-bond acceptors (Lipinski definition) is 7. The molecule has 0 spiro atoms. The zero-order valence-electron chi connectivity index (χ0n) is 20.6. The molecule has 4 bridgehead atoms. The van der Waals surface area contributed by atoms with Crippen molar-refractivity contribution < 1.29 is 32.2 Å². The summed E-state index contributed by atoms with van der Waals surface area (Å²) in [7, 11) is -1.66. The number of methoxy groups -OCH3 is 1. The number of nitrogens with one attached hydrogen (secondary N) is 1. The largest absolute Gasteiger partial charge is 0.493 e. The Morgan fingerprint density at radius 2 is 2.00 bits per heavy atom. The number of nitrogens with zero attached hydrogens (tertiary/aromatic N) is 1. The number of benzene rings is 2. The standard InChI is InChI=1S/C26H32N2O7S/c1-33-23-8-6-18-7-9-25(29)27-21-16-28(26(30)11-13-36(2,31)32)12-10-22(21)34-17-19-4-3-5-20(14-19)35-24(23)15-18/h3-6,8,14-15,21-22H,7,9-13,16-17H2,1-2H3,(H,27,29)/t21-,22+/m0/s1. The Kier molecular flexibility index (Phi) is 8.15. The van der Waals surface area contributed by atoms with Gasteiger partial charge in [0.05, 0.1) is 31.6 Å². The highest BCUT2D eigenvalue weighted by atomic mass is 32.2. The molecule has 36 heavy (non-hydrogen) atoms. The first-order chi connectivity index (χ1) is 17.2. The first kappa shape index (κ1) is 26.0. The van der Waals surface area contributed by atoms with Crippen LogP contribution in [0.1, 0.15) is 30.4 Å². The average Bonchev–Trinajstić information content (AvgIpc) is 2.85. The van der Waals surface area contributed by atoms with Crippen LogP contribution in [0.25, 0.3) is 0 Å². The van der Waals surface area contributed by atoms with Crippen LogP contribution >= 0.6 is 0 Å². The number of amides is 2. The van der Waals surface area contributed by atoms with Crippen LogP contribution in [0.4, 0.5) is 0 Å². The van der Waals surface area contributed by atoms with Crippen molar-refractivity contribution in [2.45, 2.75) is 44.4 Å². The van der Waals surface area contributed by atoms with E-state index in [4.69, 9.17) is 14.2 Å². The number of carbonyl (C=O) groups excluding carboxylic acids is 2. The molecule has 0 saturated carbocycles. The molecular weight excluding hydrogens is 484 g/mol. The van der Waals surface area contributed by atoms with E-state index in [-0.39, 0.29) is 43.1 Å². The molecule has 2 aromatic carbocycles. The van der Waals surface area contributed by atoms with Gasteiger partial charge in [0.25, 0.3) is 0 Å². The van der Waals surface area contributed by atoms with Gasteiger partial charge in [0.1, 0.15) is 15.6 Å². The predicted molar refractivity (Wildman–Crippen MR) is 134 cm³/mol. The minimum absolute atomic E-state index is 0.0718. The Labute approximate surface area is 211 Å². The van der Waals surface area contributed by atoms with Gasteiger partial charge in [0.15, 0.2) is 11.5 Å². The van der Waals surface area contributed by atoms with Crippen molar-refractivity contribution in [3.63, 3.8) is 0 Å². The number of sulfone groups is 1. The molecule has 0 aliphatic carbocycles. The van der Waals surface area contributed by atoms with E-state index in [9.17, 15) is 18.0 Å². The van der Waals surface area contributed by atoms with Crippen LogP contribution in [0.15, 0.2) is 42.5 Å². The third-order valence-electron chi connectivity index (χ3n) is 6.39. The normalized spacial score (nSPS) is 20.7. The van der Waals surface area contributed by atoms with Crippen LogP contribution in [-0.4, -0.2) is 69.5 Å². The van der Waals surface area contributed by atoms with E-state index in [1.165, 1.54) is 0 Å². The molecule has 2 heterocycles. The van der Waals surface area contributed by atoms with Crippen LogP contribution in [0.3, 0.4) is 0 Å². The summed E-state index contributed by atoms with van der Waals surface area (Å²) in [5.74, 6) is 1.24. The Morgan fingerprint density at radius 3 is 2.78 bits per heavy atom. The number of ether oxygens (including phenoxy) is 3. The minimum Gasteiger partial charge on any atom is -0.493 e. The molecule has 1 fully saturated rings. The maximum Gasteiger partial charge on any atom is 0.223 e. The molecule has 4 rings (SSSR count). The lowest BCUT2D eigenvalue weighted by Gasteiger charge is -2.39. The summed E-state index contributed by atoms with van der Waals surface area (Å²) in [6.45, 7) is 1.02. The highest BCUT2D eigenvalue weighted by Gasteiger charge is 2.33. The molecule has 194 valence electrons. The summed E-state index contributed by atoms with van der Waals surface area (Å²) in [6.07, 6.45) is 2.04. The molecule has 9 nitrogen and oxygen atoms in total. The third-order valence-corrected chi connectivity index (χ3v) is 7.34. The number of hydrogen-bond donors (Lipinski definition) is 1. The first-order valence-electron chi connectivity index (χ1n) is 12.0. The zero-order valence-corrected chi connectivity index (χ0v) is 21.4. The van der Waals surface area contributed by atoms with Gasteiger partial charge in [-0.15, -0.1) is 0 Å². The summed E-state index contributed by atoms with van der Waals surface area (Å²) < 4.78 is 40.7. The Bertz CT molecular complexity index is 1210. The van der Waals surface area contributed by atoms with Gasteiger partial charge in [-0.05, 0) is 48.2 Å². The van der Waals surface area contributed by atoms with Gasteiger partial charge in [0, 0.05) is 32.2 Å². The fraction of sp³-hybridized carbons (Fsp3) is 0.462. The smallest absolute Gasteiger partial charge is 0.223 e. The van der Waals surface area contributed by atoms with Crippen LogP contribution < -0.4 is 14.8 Å². The van der Waals surface area contributed by atoms with Gasteiger partial charge < -0.3 is 24.4 Å². The maximum atomic E-state index is 12.9. The number of carbonyl (C=O) groups is 2. The maximum absolute atomic E-state index is 12.9. The number of piperidine rings is 1. The van der Waals surface area contributed by atoms with Gasteiger partial charge in [-0.3, -0.25) is 9.59 Å². The second-order valence-corrected chi connectivity index (χ2v) is 11.5. The third kappa shape index (κ3) is 6.98. The molecule has 2 atom stereocenters. The van der Waals surface area contributed by atoms with E-state index in [1.807, 2.05) is 42.5 Å². The topological polar surface area (TPSA) is 111 Å². The van der Waals surface area contributed by atoms with E-state index in [0.717, 1.165) is 17.4 Å². The number of fused-ring (bicyclic) bond motifs is 5. The Hall–Kier alpha value is -3.11. The fourth-order valence-corrected chi connectivity index (χ4v) is 4.99. The molecule has 0 aromatic heterocycles. The highest BCUT2D eigenvalue weighted by Crippen LogP contribution is 2.33. The molecule has 0 radical (unpaired) electrons. The lowest BCUT2D eigenvalue weighted by Crippen LogP contribution is -2.57. The molecule has 2 aliphatic heterocycles. The van der Waals surface area contributed by atoms with E-state index in [2.05, 4.69) is 5.32 Å². The predicted octanol–water partition coefficient (Wildman–Crippen LogP) is 2.47. The summed E-state index contributed by atoms with van der Waals surface area (Å²) in [6, 6.07) is 12.8. The van der Waals surface area contributed by atoms with Crippen molar-refractivity contribution >= 4 is 21.7 Å². The Balaban J connectivity index is 1.54. The van der Waals surface area contributed by atoms with Gasteiger partial charge in [-0.1, -0.05) is 18.2 Å². The van der Waals surface area contributed by atoms with Crippen LogP contribution in [0.5, 0.6) is 17.2 Å². The summed E-state index contributed by atoms with van der Waals surface area (Å²) >= 11 is 0. The Morgan fingerprint density at radius 1 is 1.17 bits per heavy atom. The molecular formula is C26H32N2O7S. The number of rotatable bonds is 4. The lowest BCUT2D eigenvalue weighted by atomic mass is 10.0. The molecule has 2 aromatic rings. The number of likely N-dealkylation sites (tertiary alicyclic amines) is 1. The molecule has 10 heteroatoms. The van der Waals surface area contributed by atoms with Crippen LogP contribution in [0, 0.1) is 0 Å². The van der Waals surface area contributed by atoms with Crippen molar-refractivity contribution in [1.82, 2.24) is 10.2 Å². The molecule has 2 aliphatic rings. The van der Waals surface area contributed by atoms with E-state index >= 15 is 0 Å². The lowest BCUT2D eigenvalue weighted by molar-refractivity contribution is -0.137. The van der Waals surface area contributed by atoms with Gasteiger partial charge in [-0.2, -0.15) is 0 Å². The van der Waals surface area contributed by atoms with E-state index < -0.39 is 15.9 Å². The second kappa shape index (κ2) is 11.3. The van der Waals surface area contributed by atoms with E-state index in [1.54, 1.807) is 12.0 Å². The van der Waals surface area contributed by atoms with Gasteiger partial charge in [0.2, 0.25) is 11.8 Å². The highest BCUT2D eigenvalue weighted by molar-refractivity contribution is 7.90. The first-order valence-corrected chi connectivity index (χ1v) is 14.1. The van der Waals surface area contributed by atoms with Crippen LogP contribution in [-0.2, 0) is 37.2 Å². The second-order valence-electron chi connectivity index (χ2n) is 9.27.